The van der Waals surface area contributed by atoms with Gasteiger partial charge in [-0.05, 0) is 60.2 Å². The number of hydrogen-bond donors (Lipinski definition) is 0. The number of carbonyl (C=O) groups is 2. The molecule has 0 unspecified atom stereocenters. The molecule has 0 aliphatic carbocycles. The quantitative estimate of drug-likeness (QED) is 0.491. The molecule has 0 atom stereocenters. The standard InChI is InChI=1S/C24H17F3N2O2S/c25-24(26,27)16-9-11-17(12-10-16)29-22(30)20(19-8-4-14-32-19)21(23(29)31)28-13-3-6-15-5-1-2-7-18(15)28/h1-2,4-5,7-12,14H,3,6,13H2. The third kappa shape index (κ3) is 3.31. The SMILES string of the molecule is O=C1C(c2cccs2)=C(N2CCCc3ccccc32)C(=O)N1c1ccc(C(F)(F)F)cc1. The van der Waals surface area contributed by atoms with Crippen LogP contribution in [0.4, 0.5) is 24.5 Å². The summed E-state index contributed by atoms with van der Waals surface area (Å²) in [5, 5.41) is 1.82. The second-order valence-electron chi connectivity index (χ2n) is 7.58. The van der Waals surface area contributed by atoms with E-state index in [-0.39, 0.29) is 17.0 Å². The summed E-state index contributed by atoms with van der Waals surface area (Å²) in [7, 11) is 0. The van der Waals surface area contributed by atoms with Gasteiger partial charge in [0, 0.05) is 17.1 Å². The molecule has 3 heterocycles. The number of amides is 2. The maximum absolute atomic E-state index is 13.6. The van der Waals surface area contributed by atoms with Crippen molar-refractivity contribution >= 4 is 40.1 Å². The summed E-state index contributed by atoms with van der Waals surface area (Å²) in [5.74, 6) is -1.06. The Morgan fingerprint density at radius 2 is 1.62 bits per heavy atom. The zero-order valence-electron chi connectivity index (χ0n) is 16.7. The van der Waals surface area contributed by atoms with Gasteiger partial charge in [0.15, 0.2) is 0 Å². The number of nitrogens with zero attached hydrogens (tertiary/aromatic N) is 2. The average molecular weight is 454 g/mol. The number of anilines is 2. The van der Waals surface area contributed by atoms with Gasteiger partial charge in [-0.15, -0.1) is 11.3 Å². The van der Waals surface area contributed by atoms with E-state index in [1.807, 2.05) is 34.5 Å². The molecule has 1 aromatic heterocycles. The summed E-state index contributed by atoms with van der Waals surface area (Å²) in [5.41, 5.74) is 1.79. The molecule has 0 N–H and O–H groups in total. The number of imide groups is 1. The predicted octanol–water partition coefficient (Wildman–Crippen LogP) is 5.50. The Hall–Kier alpha value is -3.39. The van der Waals surface area contributed by atoms with Crippen LogP contribution in [0.3, 0.4) is 0 Å². The lowest BCUT2D eigenvalue weighted by molar-refractivity contribution is -0.137. The topological polar surface area (TPSA) is 40.6 Å². The summed E-state index contributed by atoms with van der Waals surface area (Å²) < 4.78 is 38.9. The molecule has 162 valence electrons. The molecular weight excluding hydrogens is 437 g/mol. The monoisotopic (exact) mass is 454 g/mol. The van der Waals surface area contributed by atoms with E-state index in [0.717, 1.165) is 53.3 Å². The fourth-order valence-electron chi connectivity index (χ4n) is 4.21. The van der Waals surface area contributed by atoms with E-state index in [4.69, 9.17) is 0 Å². The smallest absolute Gasteiger partial charge is 0.336 e. The lowest BCUT2D eigenvalue weighted by Crippen LogP contribution is -2.37. The normalized spacial score (nSPS) is 16.7. The third-order valence-electron chi connectivity index (χ3n) is 5.66. The molecule has 32 heavy (non-hydrogen) atoms. The van der Waals surface area contributed by atoms with E-state index >= 15 is 0 Å². The van der Waals surface area contributed by atoms with Crippen LogP contribution in [0.15, 0.2) is 71.7 Å². The highest BCUT2D eigenvalue weighted by Gasteiger charge is 2.44. The molecular formula is C24H17F3N2O2S. The number of para-hydroxylation sites is 1. The van der Waals surface area contributed by atoms with Gasteiger partial charge in [-0.2, -0.15) is 13.2 Å². The maximum atomic E-state index is 13.6. The third-order valence-corrected chi connectivity index (χ3v) is 6.55. The highest BCUT2D eigenvalue weighted by Crippen LogP contribution is 2.41. The first kappa shape index (κ1) is 20.5. The van der Waals surface area contributed by atoms with Crippen molar-refractivity contribution in [2.75, 3.05) is 16.3 Å². The number of hydrogen-bond acceptors (Lipinski definition) is 4. The van der Waals surface area contributed by atoms with Gasteiger partial charge in [-0.1, -0.05) is 24.3 Å². The molecule has 2 aromatic carbocycles. The Morgan fingerprint density at radius 1 is 0.875 bits per heavy atom. The minimum atomic E-state index is -4.50. The summed E-state index contributed by atoms with van der Waals surface area (Å²) >= 11 is 1.35. The number of halogens is 3. The number of alkyl halides is 3. The average Bonchev–Trinajstić information content (AvgIpc) is 3.39. The number of rotatable bonds is 3. The number of thiophene rings is 1. The summed E-state index contributed by atoms with van der Waals surface area (Å²) in [6.45, 7) is 0.571. The molecule has 3 aromatic rings. The Labute approximate surface area is 186 Å². The van der Waals surface area contributed by atoms with Crippen LogP contribution in [0.1, 0.15) is 22.4 Å². The van der Waals surface area contributed by atoms with E-state index in [2.05, 4.69) is 0 Å². The highest BCUT2D eigenvalue weighted by atomic mass is 32.1. The molecule has 2 amide bonds. The second-order valence-corrected chi connectivity index (χ2v) is 8.52. The molecule has 0 saturated heterocycles. The van der Waals surface area contributed by atoms with Crippen molar-refractivity contribution in [3.05, 3.63) is 87.7 Å². The summed E-state index contributed by atoms with van der Waals surface area (Å²) in [6, 6.07) is 15.4. The van der Waals surface area contributed by atoms with Crippen LogP contribution in [-0.4, -0.2) is 18.4 Å². The fourth-order valence-corrected chi connectivity index (χ4v) is 4.97. The van der Waals surface area contributed by atoms with Gasteiger partial charge in [0.05, 0.1) is 16.8 Å². The summed E-state index contributed by atoms with van der Waals surface area (Å²) in [4.78, 5) is 30.6. The Morgan fingerprint density at radius 3 is 2.31 bits per heavy atom. The van der Waals surface area contributed by atoms with E-state index in [1.165, 1.54) is 11.3 Å². The van der Waals surface area contributed by atoms with Crippen LogP contribution >= 0.6 is 11.3 Å². The molecule has 0 saturated carbocycles. The van der Waals surface area contributed by atoms with Crippen LogP contribution in [0.2, 0.25) is 0 Å². The minimum absolute atomic E-state index is 0.113. The van der Waals surface area contributed by atoms with Gasteiger partial charge in [-0.3, -0.25) is 9.59 Å². The lowest BCUT2D eigenvalue weighted by Gasteiger charge is -2.32. The van der Waals surface area contributed by atoms with E-state index in [0.29, 0.717) is 11.4 Å². The van der Waals surface area contributed by atoms with Crippen molar-refractivity contribution in [1.29, 1.82) is 0 Å². The minimum Gasteiger partial charge on any atom is -0.336 e. The number of aryl methyl sites for hydroxylation is 1. The Balaban J connectivity index is 1.62. The maximum Gasteiger partial charge on any atom is 0.416 e. The van der Waals surface area contributed by atoms with Crippen molar-refractivity contribution in [2.24, 2.45) is 0 Å². The van der Waals surface area contributed by atoms with E-state index < -0.39 is 23.6 Å². The number of carbonyl (C=O) groups excluding carboxylic acids is 2. The molecule has 0 fully saturated rings. The predicted molar refractivity (Wildman–Crippen MR) is 117 cm³/mol. The van der Waals surface area contributed by atoms with Crippen LogP contribution in [0.5, 0.6) is 0 Å². The van der Waals surface area contributed by atoms with Gasteiger partial charge in [0.1, 0.15) is 5.70 Å². The first-order valence-corrected chi connectivity index (χ1v) is 10.9. The zero-order valence-corrected chi connectivity index (χ0v) is 17.5. The molecule has 5 rings (SSSR count). The van der Waals surface area contributed by atoms with Crippen molar-refractivity contribution in [1.82, 2.24) is 0 Å². The van der Waals surface area contributed by atoms with Gasteiger partial charge in [0.2, 0.25) is 0 Å². The van der Waals surface area contributed by atoms with Gasteiger partial charge >= 0.3 is 6.18 Å². The van der Waals surface area contributed by atoms with Gasteiger partial charge in [0.25, 0.3) is 11.8 Å². The largest absolute Gasteiger partial charge is 0.416 e. The molecule has 2 aliphatic rings. The van der Waals surface area contributed by atoms with Crippen molar-refractivity contribution < 1.29 is 22.8 Å². The Kier molecular flexibility index (Phi) is 4.89. The highest BCUT2D eigenvalue weighted by molar-refractivity contribution is 7.11. The summed E-state index contributed by atoms with van der Waals surface area (Å²) in [6.07, 6.45) is -2.81. The molecule has 8 heteroatoms. The molecule has 0 spiro atoms. The van der Waals surface area contributed by atoms with E-state index in [1.54, 1.807) is 12.1 Å². The second kappa shape index (κ2) is 7.63. The number of benzene rings is 2. The molecule has 2 aliphatic heterocycles. The van der Waals surface area contributed by atoms with Crippen molar-refractivity contribution in [2.45, 2.75) is 19.0 Å². The first-order valence-electron chi connectivity index (χ1n) is 10.1. The lowest BCUT2D eigenvalue weighted by atomic mass is 10.00. The fraction of sp³-hybridized carbons (Fsp3) is 0.167. The van der Waals surface area contributed by atoms with Crippen LogP contribution < -0.4 is 9.80 Å². The zero-order chi connectivity index (χ0) is 22.5. The van der Waals surface area contributed by atoms with Crippen molar-refractivity contribution in [3.8, 4) is 0 Å². The molecule has 0 radical (unpaired) electrons. The van der Waals surface area contributed by atoms with E-state index in [9.17, 15) is 22.8 Å². The van der Waals surface area contributed by atoms with Crippen LogP contribution in [-0.2, 0) is 22.2 Å². The van der Waals surface area contributed by atoms with Crippen LogP contribution in [0, 0.1) is 0 Å². The van der Waals surface area contributed by atoms with Gasteiger partial charge in [-0.25, -0.2) is 4.90 Å². The first-order chi connectivity index (χ1) is 15.4. The van der Waals surface area contributed by atoms with Crippen molar-refractivity contribution in [3.63, 3.8) is 0 Å². The number of fused-ring (bicyclic) bond motifs is 1. The molecule has 4 nitrogen and oxygen atoms in total. The van der Waals surface area contributed by atoms with Gasteiger partial charge < -0.3 is 4.90 Å². The van der Waals surface area contributed by atoms with Crippen LogP contribution in [0.25, 0.3) is 5.57 Å². The molecule has 0 bridgehead atoms. The Bertz CT molecular complexity index is 1230.